The Labute approximate surface area is 120 Å². The second kappa shape index (κ2) is 7.22. The Balaban J connectivity index is 2.01. The minimum absolute atomic E-state index is 0.00762. The Morgan fingerprint density at radius 2 is 1.30 bits per heavy atom. The first-order valence-corrected chi connectivity index (χ1v) is 7.10. The highest BCUT2D eigenvalue weighted by Crippen LogP contribution is 2.21. The van der Waals surface area contributed by atoms with Crippen molar-refractivity contribution >= 4 is 0 Å². The minimum atomic E-state index is -0.00762. The average molecular weight is 270 g/mol. The van der Waals surface area contributed by atoms with Crippen molar-refractivity contribution in [2.45, 2.75) is 19.8 Å². The van der Waals surface area contributed by atoms with Gasteiger partial charge in [-0.25, -0.2) is 0 Å². The molecule has 0 heterocycles. The van der Waals surface area contributed by atoms with Crippen molar-refractivity contribution in [3.63, 3.8) is 0 Å². The van der Waals surface area contributed by atoms with Gasteiger partial charge in [-0.05, 0) is 36.5 Å². The average Bonchev–Trinajstić information content (AvgIpc) is 2.50. The number of aliphatic hydroxyl groups is 2. The highest BCUT2D eigenvalue weighted by Gasteiger charge is 2.06. The van der Waals surface area contributed by atoms with E-state index in [0.29, 0.717) is 0 Å². The fraction of sp³-hybridized carbons (Fsp3) is 0.333. The standard InChI is InChI=1S/C18H22O2/c1-14-2-8-17(9-3-14)18-10-6-15(7-11-18)4-5-16(12-19)13-20/h2-3,6-11,16,19-20H,4-5,12-13H2,1H3. The van der Waals surface area contributed by atoms with Crippen LogP contribution in [0.2, 0.25) is 0 Å². The van der Waals surface area contributed by atoms with Crippen LogP contribution >= 0.6 is 0 Å². The molecule has 0 saturated carbocycles. The van der Waals surface area contributed by atoms with Crippen molar-refractivity contribution in [1.29, 1.82) is 0 Å². The van der Waals surface area contributed by atoms with Crippen LogP contribution in [0.3, 0.4) is 0 Å². The van der Waals surface area contributed by atoms with Gasteiger partial charge in [-0.1, -0.05) is 54.1 Å². The largest absolute Gasteiger partial charge is 0.396 e. The number of hydrogen-bond acceptors (Lipinski definition) is 2. The third-order valence-corrected chi connectivity index (χ3v) is 3.70. The van der Waals surface area contributed by atoms with Gasteiger partial charge in [0.1, 0.15) is 0 Å². The molecule has 0 amide bonds. The Morgan fingerprint density at radius 1 is 0.800 bits per heavy atom. The molecule has 2 N–H and O–H groups in total. The lowest BCUT2D eigenvalue weighted by molar-refractivity contribution is 0.144. The summed E-state index contributed by atoms with van der Waals surface area (Å²) < 4.78 is 0. The van der Waals surface area contributed by atoms with Gasteiger partial charge in [-0.2, -0.15) is 0 Å². The number of aliphatic hydroxyl groups excluding tert-OH is 2. The quantitative estimate of drug-likeness (QED) is 0.846. The van der Waals surface area contributed by atoms with E-state index in [4.69, 9.17) is 10.2 Å². The molecule has 2 rings (SSSR count). The van der Waals surface area contributed by atoms with Crippen LogP contribution in [-0.2, 0) is 6.42 Å². The van der Waals surface area contributed by atoms with Crippen LogP contribution in [0.25, 0.3) is 11.1 Å². The summed E-state index contributed by atoms with van der Waals surface area (Å²) >= 11 is 0. The van der Waals surface area contributed by atoms with Gasteiger partial charge in [0.05, 0.1) is 0 Å². The van der Waals surface area contributed by atoms with Gasteiger partial charge < -0.3 is 10.2 Å². The number of rotatable bonds is 6. The van der Waals surface area contributed by atoms with Crippen LogP contribution in [0, 0.1) is 12.8 Å². The maximum atomic E-state index is 9.06. The first-order chi connectivity index (χ1) is 9.72. The number of benzene rings is 2. The number of hydrogen-bond donors (Lipinski definition) is 2. The van der Waals surface area contributed by atoms with Crippen LogP contribution in [0.5, 0.6) is 0 Å². The van der Waals surface area contributed by atoms with Crippen LogP contribution in [0.4, 0.5) is 0 Å². The van der Waals surface area contributed by atoms with E-state index in [1.54, 1.807) is 0 Å². The van der Waals surface area contributed by atoms with Crippen LogP contribution in [-0.4, -0.2) is 23.4 Å². The van der Waals surface area contributed by atoms with E-state index in [1.807, 2.05) is 0 Å². The predicted octanol–water partition coefficient (Wildman–Crippen LogP) is 3.20. The first-order valence-electron chi connectivity index (χ1n) is 7.10. The smallest absolute Gasteiger partial charge is 0.0481 e. The topological polar surface area (TPSA) is 40.5 Å². The molecule has 106 valence electrons. The lowest BCUT2D eigenvalue weighted by Gasteiger charge is -2.10. The molecule has 0 unspecified atom stereocenters. The van der Waals surface area contributed by atoms with Crippen molar-refractivity contribution in [2.75, 3.05) is 13.2 Å². The van der Waals surface area contributed by atoms with E-state index in [9.17, 15) is 0 Å². The zero-order valence-corrected chi connectivity index (χ0v) is 11.9. The summed E-state index contributed by atoms with van der Waals surface area (Å²) in [6, 6.07) is 17.0. The lowest BCUT2D eigenvalue weighted by atomic mass is 9.98. The Bertz CT molecular complexity index is 510. The molecule has 2 aromatic rings. The van der Waals surface area contributed by atoms with Crippen molar-refractivity contribution < 1.29 is 10.2 Å². The minimum Gasteiger partial charge on any atom is -0.396 e. The van der Waals surface area contributed by atoms with Crippen molar-refractivity contribution in [2.24, 2.45) is 5.92 Å². The molecule has 0 radical (unpaired) electrons. The summed E-state index contributed by atoms with van der Waals surface area (Å²) in [7, 11) is 0. The van der Waals surface area contributed by atoms with Crippen molar-refractivity contribution in [3.05, 3.63) is 59.7 Å². The van der Waals surface area contributed by atoms with Gasteiger partial charge in [-0.15, -0.1) is 0 Å². The van der Waals surface area contributed by atoms with Gasteiger partial charge in [0.15, 0.2) is 0 Å². The lowest BCUT2D eigenvalue weighted by Crippen LogP contribution is -2.11. The zero-order chi connectivity index (χ0) is 14.4. The van der Waals surface area contributed by atoms with Gasteiger partial charge >= 0.3 is 0 Å². The van der Waals surface area contributed by atoms with Crippen molar-refractivity contribution in [3.8, 4) is 11.1 Å². The SMILES string of the molecule is Cc1ccc(-c2ccc(CCC(CO)CO)cc2)cc1. The highest BCUT2D eigenvalue weighted by atomic mass is 16.3. The summed E-state index contributed by atoms with van der Waals surface area (Å²) in [6.45, 7) is 2.20. The normalized spacial score (nSPS) is 11.0. The maximum absolute atomic E-state index is 9.06. The molecule has 20 heavy (non-hydrogen) atoms. The molecule has 2 heteroatoms. The molecule has 0 bridgehead atoms. The zero-order valence-electron chi connectivity index (χ0n) is 11.9. The van der Waals surface area contributed by atoms with E-state index in [2.05, 4.69) is 55.5 Å². The summed E-state index contributed by atoms with van der Waals surface area (Å²) in [5.74, 6) is -0.00762. The Morgan fingerprint density at radius 3 is 1.80 bits per heavy atom. The van der Waals surface area contributed by atoms with E-state index in [0.717, 1.165) is 12.8 Å². The van der Waals surface area contributed by atoms with Crippen LogP contribution < -0.4 is 0 Å². The second-order valence-electron chi connectivity index (χ2n) is 5.33. The number of aryl methyl sites for hydroxylation is 2. The van der Waals surface area contributed by atoms with E-state index in [1.165, 1.54) is 22.3 Å². The summed E-state index contributed by atoms with van der Waals surface area (Å²) in [5.41, 5.74) is 4.96. The first kappa shape index (κ1) is 14.8. The Hall–Kier alpha value is -1.64. The van der Waals surface area contributed by atoms with Crippen LogP contribution in [0.15, 0.2) is 48.5 Å². The molecular formula is C18H22O2. The van der Waals surface area contributed by atoms with Gasteiger partial charge in [0.25, 0.3) is 0 Å². The van der Waals surface area contributed by atoms with Crippen molar-refractivity contribution in [1.82, 2.24) is 0 Å². The molecule has 0 aromatic heterocycles. The van der Waals surface area contributed by atoms with Crippen LogP contribution in [0.1, 0.15) is 17.5 Å². The summed E-state index contributed by atoms with van der Waals surface area (Å²) in [4.78, 5) is 0. The molecule has 2 nitrogen and oxygen atoms in total. The molecule has 0 spiro atoms. The predicted molar refractivity (Wildman–Crippen MR) is 82.6 cm³/mol. The molecule has 2 aromatic carbocycles. The monoisotopic (exact) mass is 270 g/mol. The van der Waals surface area contributed by atoms with Gasteiger partial charge in [0.2, 0.25) is 0 Å². The molecule has 0 saturated heterocycles. The molecule has 0 aliphatic rings. The molecule has 0 aliphatic heterocycles. The molecule has 0 aliphatic carbocycles. The molecular weight excluding hydrogens is 248 g/mol. The highest BCUT2D eigenvalue weighted by molar-refractivity contribution is 5.63. The molecule has 0 atom stereocenters. The maximum Gasteiger partial charge on any atom is 0.0481 e. The fourth-order valence-corrected chi connectivity index (χ4v) is 2.22. The molecule has 0 fully saturated rings. The Kier molecular flexibility index (Phi) is 5.33. The second-order valence-corrected chi connectivity index (χ2v) is 5.33. The fourth-order valence-electron chi connectivity index (χ4n) is 2.22. The summed E-state index contributed by atoms with van der Waals surface area (Å²) in [5, 5.41) is 18.1. The van der Waals surface area contributed by atoms with E-state index in [-0.39, 0.29) is 19.1 Å². The van der Waals surface area contributed by atoms with E-state index >= 15 is 0 Å². The summed E-state index contributed by atoms with van der Waals surface area (Å²) in [6.07, 6.45) is 1.71. The third-order valence-electron chi connectivity index (χ3n) is 3.70. The van der Waals surface area contributed by atoms with Gasteiger partial charge in [-0.3, -0.25) is 0 Å². The van der Waals surface area contributed by atoms with Gasteiger partial charge in [0, 0.05) is 19.1 Å². The van der Waals surface area contributed by atoms with E-state index < -0.39 is 0 Å². The third kappa shape index (κ3) is 3.92.